The quantitative estimate of drug-likeness (QED) is 0.669. The molecular formula is C21H22F4N2O4S. The van der Waals surface area contributed by atoms with Gasteiger partial charge in [0.05, 0.1) is 16.9 Å². The van der Waals surface area contributed by atoms with Crippen LogP contribution < -0.4 is 4.90 Å². The van der Waals surface area contributed by atoms with Crippen LogP contribution in [0.4, 0.5) is 23.2 Å². The summed E-state index contributed by atoms with van der Waals surface area (Å²) in [5.41, 5.74) is -0.151. The first-order valence-electron chi connectivity index (χ1n) is 9.75. The smallest absolute Gasteiger partial charge is 0.419 e. The number of benzene rings is 2. The molecule has 1 saturated heterocycles. The molecule has 174 valence electrons. The van der Waals surface area contributed by atoms with Gasteiger partial charge in [0.15, 0.2) is 0 Å². The van der Waals surface area contributed by atoms with E-state index >= 15 is 0 Å². The Balaban J connectivity index is 1.82. The van der Waals surface area contributed by atoms with Crippen LogP contribution in [0.5, 0.6) is 0 Å². The highest BCUT2D eigenvalue weighted by Crippen LogP contribution is 2.34. The minimum Gasteiger partial charge on any atom is -0.481 e. The van der Waals surface area contributed by atoms with Crippen LogP contribution in [-0.2, 0) is 27.4 Å². The van der Waals surface area contributed by atoms with Crippen LogP contribution in [0, 0.1) is 12.7 Å². The second-order valence-corrected chi connectivity index (χ2v) is 9.69. The van der Waals surface area contributed by atoms with Crippen LogP contribution in [0.2, 0.25) is 0 Å². The van der Waals surface area contributed by atoms with Crippen LogP contribution in [0.1, 0.15) is 23.6 Å². The van der Waals surface area contributed by atoms with Gasteiger partial charge < -0.3 is 10.0 Å². The molecule has 0 radical (unpaired) electrons. The lowest BCUT2D eigenvalue weighted by atomic mass is 10.1. The molecule has 1 aliphatic heterocycles. The zero-order chi connectivity index (χ0) is 23.8. The monoisotopic (exact) mass is 474 g/mol. The number of aryl methyl sites for hydroxylation is 1. The Kier molecular flexibility index (Phi) is 6.52. The largest absolute Gasteiger partial charge is 0.481 e. The molecule has 11 heteroatoms. The molecule has 1 aliphatic rings. The Labute approximate surface area is 183 Å². The summed E-state index contributed by atoms with van der Waals surface area (Å²) in [5, 5.41) is 9.01. The maximum Gasteiger partial charge on any atom is 0.419 e. The number of piperazine rings is 1. The molecule has 0 unspecified atom stereocenters. The van der Waals surface area contributed by atoms with E-state index in [1.165, 1.54) is 22.5 Å². The maximum absolute atomic E-state index is 14.0. The number of carboxylic acids is 1. The number of halogens is 4. The van der Waals surface area contributed by atoms with Gasteiger partial charge in [-0.05, 0) is 55.3 Å². The van der Waals surface area contributed by atoms with Crippen molar-refractivity contribution >= 4 is 21.7 Å². The molecule has 1 heterocycles. The summed E-state index contributed by atoms with van der Waals surface area (Å²) in [6, 6.07) is 6.50. The Morgan fingerprint density at radius 2 is 1.84 bits per heavy atom. The molecule has 6 nitrogen and oxygen atoms in total. The fraction of sp³-hybridized carbons (Fsp3) is 0.381. The minimum absolute atomic E-state index is 0.0189. The SMILES string of the molecule is Cc1cc(CC(=O)O)cc(S(=O)(=O)N2CCN(c3ccc(C(F)(F)F)c(F)c3)C[C@H]2C)c1. The van der Waals surface area contributed by atoms with Gasteiger partial charge >= 0.3 is 12.1 Å². The fourth-order valence-electron chi connectivity index (χ4n) is 3.85. The topological polar surface area (TPSA) is 77.9 Å². The molecule has 0 aromatic heterocycles. The zero-order valence-corrected chi connectivity index (χ0v) is 18.2. The molecule has 2 aromatic rings. The summed E-state index contributed by atoms with van der Waals surface area (Å²) in [6.45, 7) is 3.66. The number of hydrogen-bond donors (Lipinski definition) is 1. The number of anilines is 1. The molecule has 1 N–H and O–H groups in total. The van der Waals surface area contributed by atoms with Crippen molar-refractivity contribution in [2.75, 3.05) is 24.5 Å². The number of hydrogen-bond acceptors (Lipinski definition) is 4. The number of nitrogens with zero attached hydrogens (tertiary/aromatic N) is 2. The van der Waals surface area contributed by atoms with E-state index < -0.39 is 39.6 Å². The van der Waals surface area contributed by atoms with Crippen LogP contribution in [0.3, 0.4) is 0 Å². The van der Waals surface area contributed by atoms with Gasteiger partial charge in [-0.2, -0.15) is 17.5 Å². The average Bonchev–Trinajstić information content (AvgIpc) is 2.65. The van der Waals surface area contributed by atoms with Crippen molar-refractivity contribution in [3.8, 4) is 0 Å². The van der Waals surface area contributed by atoms with Gasteiger partial charge in [0.2, 0.25) is 10.0 Å². The van der Waals surface area contributed by atoms with Crippen LogP contribution >= 0.6 is 0 Å². The van der Waals surface area contributed by atoms with Crippen molar-refractivity contribution in [3.05, 3.63) is 58.9 Å². The Bertz CT molecular complexity index is 1140. The van der Waals surface area contributed by atoms with E-state index in [0.29, 0.717) is 17.2 Å². The molecular weight excluding hydrogens is 452 g/mol. The first kappa shape index (κ1) is 24.0. The Morgan fingerprint density at radius 3 is 2.41 bits per heavy atom. The first-order valence-corrected chi connectivity index (χ1v) is 11.2. The van der Waals surface area contributed by atoms with E-state index in [9.17, 15) is 30.8 Å². The van der Waals surface area contributed by atoms with Crippen molar-refractivity contribution < 1.29 is 35.9 Å². The highest BCUT2D eigenvalue weighted by atomic mass is 32.2. The predicted octanol–water partition coefficient (Wildman–Crippen LogP) is 3.68. The number of aliphatic carboxylic acids is 1. The third-order valence-electron chi connectivity index (χ3n) is 5.26. The lowest BCUT2D eigenvalue weighted by Gasteiger charge is -2.40. The van der Waals surface area contributed by atoms with Crippen LogP contribution in [-0.4, -0.2) is 49.5 Å². The normalized spacial score (nSPS) is 18.1. The third kappa shape index (κ3) is 5.04. The van der Waals surface area contributed by atoms with Gasteiger partial charge in [0, 0.05) is 31.4 Å². The molecule has 0 saturated carbocycles. The molecule has 0 bridgehead atoms. The van der Waals surface area contributed by atoms with E-state index in [-0.39, 0.29) is 36.6 Å². The van der Waals surface area contributed by atoms with E-state index in [0.717, 1.165) is 6.07 Å². The molecule has 3 rings (SSSR count). The van der Waals surface area contributed by atoms with Crippen molar-refractivity contribution in [1.29, 1.82) is 0 Å². The van der Waals surface area contributed by atoms with E-state index in [1.807, 2.05) is 0 Å². The fourth-order valence-corrected chi connectivity index (χ4v) is 5.62. The maximum atomic E-state index is 14.0. The number of sulfonamides is 1. The molecule has 0 aliphatic carbocycles. The Morgan fingerprint density at radius 1 is 1.16 bits per heavy atom. The standard InChI is InChI=1S/C21H22F4N2O4S/c1-13-7-15(10-20(28)29)9-17(8-13)32(30,31)27-6-5-26(12-14(27)2)16-3-4-18(19(22)11-16)21(23,24)25/h3-4,7-9,11,14H,5-6,10,12H2,1-2H3,(H,28,29)/t14-/m1/s1. The second kappa shape index (κ2) is 8.70. The summed E-state index contributed by atoms with van der Waals surface area (Å²) < 4.78 is 80.0. The van der Waals surface area contributed by atoms with Crippen molar-refractivity contribution in [2.24, 2.45) is 0 Å². The summed E-state index contributed by atoms with van der Waals surface area (Å²) in [5.74, 6) is -2.46. The van der Waals surface area contributed by atoms with E-state index in [2.05, 4.69) is 0 Å². The molecule has 0 amide bonds. The number of carboxylic acid groups (broad SMARTS) is 1. The molecule has 32 heavy (non-hydrogen) atoms. The zero-order valence-electron chi connectivity index (χ0n) is 17.4. The van der Waals surface area contributed by atoms with Crippen LogP contribution in [0.25, 0.3) is 0 Å². The predicted molar refractivity (Wildman–Crippen MR) is 109 cm³/mol. The highest BCUT2D eigenvalue weighted by molar-refractivity contribution is 7.89. The molecule has 2 aromatic carbocycles. The number of rotatable bonds is 5. The molecule has 1 atom stereocenters. The lowest BCUT2D eigenvalue weighted by Crippen LogP contribution is -2.54. The minimum atomic E-state index is -4.80. The van der Waals surface area contributed by atoms with Gasteiger partial charge in [-0.25, -0.2) is 12.8 Å². The number of alkyl halides is 3. The van der Waals surface area contributed by atoms with Crippen molar-refractivity contribution in [2.45, 2.75) is 37.4 Å². The van der Waals surface area contributed by atoms with Crippen LogP contribution in [0.15, 0.2) is 41.3 Å². The van der Waals surface area contributed by atoms with Crippen molar-refractivity contribution in [3.63, 3.8) is 0 Å². The third-order valence-corrected chi connectivity index (χ3v) is 7.25. The summed E-state index contributed by atoms with van der Waals surface area (Å²) in [4.78, 5) is 12.6. The Hall–Kier alpha value is -2.66. The molecule has 1 fully saturated rings. The first-order chi connectivity index (χ1) is 14.8. The van der Waals surface area contributed by atoms with Crippen molar-refractivity contribution in [1.82, 2.24) is 4.31 Å². The number of carbonyl (C=O) groups is 1. The molecule has 0 spiro atoms. The second-order valence-electron chi connectivity index (χ2n) is 7.80. The van der Waals surface area contributed by atoms with Gasteiger partial charge in [-0.3, -0.25) is 4.79 Å². The lowest BCUT2D eigenvalue weighted by molar-refractivity contribution is -0.140. The van der Waals surface area contributed by atoms with Gasteiger partial charge in [-0.1, -0.05) is 6.07 Å². The summed E-state index contributed by atoms with van der Waals surface area (Å²) in [6.07, 6.45) is -5.11. The average molecular weight is 474 g/mol. The summed E-state index contributed by atoms with van der Waals surface area (Å²) >= 11 is 0. The highest BCUT2D eigenvalue weighted by Gasteiger charge is 2.36. The summed E-state index contributed by atoms with van der Waals surface area (Å²) in [7, 11) is -3.94. The van der Waals surface area contributed by atoms with Gasteiger partial charge in [0.1, 0.15) is 5.82 Å². The van der Waals surface area contributed by atoms with E-state index in [1.54, 1.807) is 24.8 Å². The van der Waals surface area contributed by atoms with E-state index in [4.69, 9.17) is 5.11 Å². The van der Waals surface area contributed by atoms with Gasteiger partial charge in [-0.15, -0.1) is 0 Å². The van der Waals surface area contributed by atoms with Gasteiger partial charge in [0.25, 0.3) is 0 Å².